The Morgan fingerprint density at radius 1 is 0.392 bits per heavy atom. The molecule has 5 amide bonds. The second kappa shape index (κ2) is 26.4. The lowest BCUT2D eigenvalue weighted by Crippen LogP contribution is -2.59. The summed E-state index contributed by atoms with van der Waals surface area (Å²) in [7, 11) is 0. The van der Waals surface area contributed by atoms with Crippen molar-refractivity contribution >= 4 is 47.4 Å². The largest absolute Gasteiger partial charge is 0.480 e. The van der Waals surface area contributed by atoms with E-state index in [1.807, 2.05) is 109 Å². The number of benzene rings is 6. The molecule has 0 aliphatic heterocycles. The van der Waals surface area contributed by atoms with E-state index in [4.69, 9.17) is 15.2 Å². The van der Waals surface area contributed by atoms with Crippen LogP contribution in [0.5, 0.6) is 0 Å². The number of hydrogen-bond donors (Lipinski definition) is 7. The van der Waals surface area contributed by atoms with E-state index in [2.05, 4.69) is 26.6 Å². The molecule has 6 aromatic carbocycles. The SMILES string of the molecule is CC(C)(C)OC(=O)C[C@@H](N)C(=O)N[C@H](CC(=O)OC(C)(C)C)C(=O)N[C@@H](CC(=O)NC(c1ccccc1)(c1ccccc1)c1ccccc1)C(=O)N[C@@H](CC(=O)NC(c1ccccc1)(c1ccccc1)c1ccccc1)C(=O)O. The van der Waals surface area contributed by atoms with Crippen molar-refractivity contribution in [2.24, 2.45) is 5.73 Å². The summed E-state index contributed by atoms with van der Waals surface area (Å²) in [4.78, 5) is 112. The number of carboxylic acid groups (broad SMARTS) is 1. The highest BCUT2D eigenvalue weighted by Crippen LogP contribution is 2.38. The van der Waals surface area contributed by atoms with Crippen molar-refractivity contribution in [3.05, 3.63) is 215 Å². The number of nitrogens with one attached hydrogen (secondary N) is 5. The molecule has 17 heteroatoms. The first kappa shape index (κ1) is 59.3. The van der Waals surface area contributed by atoms with Crippen LogP contribution in [-0.2, 0) is 58.9 Å². The highest BCUT2D eigenvalue weighted by molar-refractivity contribution is 5.99. The molecule has 0 bridgehead atoms. The first-order valence-corrected chi connectivity index (χ1v) is 25.8. The Balaban J connectivity index is 1.38. The normalized spacial score (nSPS) is 13.2. The van der Waals surface area contributed by atoms with Crippen LogP contribution in [0.4, 0.5) is 0 Å². The molecule has 0 unspecified atom stereocenters. The minimum Gasteiger partial charge on any atom is -0.480 e. The molecular formula is C62H68N6O11. The molecule has 8 N–H and O–H groups in total. The van der Waals surface area contributed by atoms with Crippen LogP contribution in [0, 0.1) is 0 Å². The summed E-state index contributed by atoms with van der Waals surface area (Å²) in [5.41, 5.74) is 5.13. The zero-order valence-electron chi connectivity index (χ0n) is 45.1. The predicted octanol–water partition coefficient (Wildman–Crippen LogP) is 6.31. The van der Waals surface area contributed by atoms with Gasteiger partial charge in [-0.15, -0.1) is 0 Å². The third kappa shape index (κ3) is 16.1. The molecule has 4 atom stereocenters. The molecule has 0 saturated heterocycles. The third-order valence-electron chi connectivity index (χ3n) is 12.5. The van der Waals surface area contributed by atoms with Gasteiger partial charge in [0.1, 0.15) is 40.4 Å². The highest BCUT2D eigenvalue weighted by atomic mass is 16.6. The van der Waals surface area contributed by atoms with Gasteiger partial charge < -0.3 is 46.9 Å². The van der Waals surface area contributed by atoms with E-state index in [9.17, 15) is 43.5 Å². The fraction of sp³-hybridized carbons (Fsp3) is 0.290. The Kier molecular flexibility index (Phi) is 19.8. The zero-order chi connectivity index (χ0) is 57.4. The van der Waals surface area contributed by atoms with Gasteiger partial charge in [0.25, 0.3) is 0 Å². The lowest BCUT2D eigenvalue weighted by atomic mass is 9.77. The van der Waals surface area contributed by atoms with Gasteiger partial charge in [0.05, 0.1) is 31.7 Å². The molecule has 0 aliphatic carbocycles. The van der Waals surface area contributed by atoms with Gasteiger partial charge in [-0.05, 0) is 74.9 Å². The monoisotopic (exact) mass is 1070 g/mol. The van der Waals surface area contributed by atoms with E-state index in [-0.39, 0.29) is 0 Å². The topological polar surface area (TPSA) is 261 Å². The van der Waals surface area contributed by atoms with Crippen LogP contribution >= 0.6 is 0 Å². The quantitative estimate of drug-likeness (QED) is 0.0275. The van der Waals surface area contributed by atoms with Crippen LogP contribution < -0.4 is 32.3 Å². The number of rotatable bonds is 23. The number of esters is 2. The molecule has 0 aliphatic rings. The first-order valence-electron chi connectivity index (χ1n) is 25.8. The number of carbonyl (C=O) groups excluding carboxylic acids is 7. The molecule has 0 aromatic heterocycles. The Hall–Kier alpha value is -8.96. The van der Waals surface area contributed by atoms with Gasteiger partial charge in [-0.2, -0.15) is 0 Å². The molecule has 6 rings (SSSR count). The Morgan fingerprint density at radius 3 is 0.937 bits per heavy atom. The summed E-state index contributed by atoms with van der Waals surface area (Å²) >= 11 is 0. The summed E-state index contributed by atoms with van der Waals surface area (Å²) in [5.74, 6) is -8.51. The molecular weight excluding hydrogens is 1000 g/mol. The number of carbonyl (C=O) groups is 8. The van der Waals surface area contributed by atoms with Gasteiger partial charge in [0, 0.05) is 0 Å². The number of nitrogens with two attached hydrogens (primary N) is 1. The van der Waals surface area contributed by atoms with Crippen molar-refractivity contribution in [1.29, 1.82) is 0 Å². The van der Waals surface area contributed by atoms with E-state index in [1.54, 1.807) is 114 Å². The van der Waals surface area contributed by atoms with Crippen LogP contribution in [0.2, 0.25) is 0 Å². The predicted molar refractivity (Wildman–Crippen MR) is 296 cm³/mol. The summed E-state index contributed by atoms with van der Waals surface area (Å²) in [5, 5.41) is 24.2. The van der Waals surface area contributed by atoms with E-state index in [0.717, 1.165) is 0 Å². The smallest absolute Gasteiger partial charge is 0.326 e. The lowest BCUT2D eigenvalue weighted by Gasteiger charge is -2.37. The van der Waals surface area contributed by atoms with E-state index in [0.29, 0.717) is 33.4 Å². The lowest BCUT2D eigenvalue weighted by molar-refractivity contribution is -0.158. The van der Waals surface area contributed by atoms with Gasteiger partial charge in [0.2, 0.25) is 29.5 Å². The second-order valence-corrected chi connectivity index (χ2v) is 20.9. The van der Waals surface area contributed by atoms with Crippen LogP contribution in [0.25, 0.3) is 0 Å². The van der Waals surface area contributed by atoms with Crippen molar-refractivity contribution in [3.8, 4) is 0 Å². The zero-order valence-corrected chi connectivity index (χ0v) is 45.1. The minimum absolute atomic E-state index is 0.614. The average molecular weight is 1070 g/mol. The number of carboxylic acids is 1. The summed E-state index contributed by atoms with van der Waals surface area (Å²) < 4.78 is 10.8. The van der Waals surface area contributed by atoms with Gasteiger partial charge in [-0.25, -0.2) is 4.79 Å². The van der Waals surface area contributed by atoms with E-state index < -0.39 is 120 Å². The van der Waals surface area contributed by atoms with E-state index in [1.165, 1.54) is 0 Å². The molecule has 0 fully saturated rings. The van der Waals surface area contributed by atoms with E-state index >= 15 is 0 Å². The molecule has 0 radical (unpaired) electrons. The highest BCUT2D eigenvalue weighted by Gasteiger charge is 2.42. The summed E-state index contributed by atoms with van der Waals surface area (Å²) in [6.07, 6.45) is -3.14. The van der Waals surface area contributed by atoms with Gasteiger partial charge >= 0.3 is 17.9 Å². The van der Waals surface area contributed by atoms with Gasteiger partial charge in [0.15, 0.2) is 0 Å². The van der Waals surface area contributed by atoms with Crippen molar-refractivity contribution in [3.63, 3.8) is 0 Å². The standard InChI is InChI=1S/C62H68N6O11/c1-59(2,3)78-53(71)37-47(63)55(73)64-49(40-54(72)79-60(4,5)6)57(75)65-48(38-51(69)67-61(41-25-13-7-14-26-41,42-27-15-8-16-28-42)43-29-17-9-18-30-43)56(74)66-50(58(76)77)39-52(70)68-62(44-31-19-10-20-32-44,45-33-21-11-22-34-45)46-35-23-12-24-36-46/h7-36,47-50H,37-40,63H2,1-6H3,(H,64,73)(H,65,75)(H,66,74)(H,67,69)(H,68,70)(H,76,77)/t47-,48+,49-,50+/m1/s1. The number of hydrogen-bond acceptors (Lipinski definition) is 11. The minimum atomic E-state index is -1.96. The molecule has 17 nitrogen and oxygen atoms in total. The summed E-state index contributed by atoms with van der Waals surface area (Å²) in [6, 6.07) is 47.0. The Bertz CT molecular complexity index is 2850. The number of aliphatic carboxylic acids is 1. The first-order chi connectivity index (χ1) is 37.5. The van der Waals surface area contributed by atoms with Gasteiger partial charge in [-0.3, -0.25) is 33.6 Å². The molecule has 0 spiro atoms. The maximum Gasteiger partial charge on any atom is 0.326 e. The van der Waals surface area contributed by atoms with Crippen LogP contribution in [0.3, 0.4) is 0 Å². The van der Waals surface area contributed by atoms with Crippen LogP contribution in [-0.4, -0.2) is 87.9 Å². The fourth-order valence-corrected chi connectivity index (χ4v) is 9.10. The van der Waals surface area contributed by atoms with Gasteiger partial charge in [-0.1, -0.05) is 182 Å². The number of amides is 5. The van der Waals surface area contributed by atoms with Crippen LogP contribution in [0.15, 0.2) is 182 Å². The molecule has 6 aromatic rings. The molecule has 0 heterocycles. The second-order valence-electron chi connectivity index (χ2n) is 20.9. The molecule has 79 heavy (non-hydrogen) atoms. The average Bonchev–Trinajstić information content (AvgIpc) is 3.48. The van der Waals surface area contributed by atoms with Crippen molar-refractivity contribution < 1.29 is 52.9 Å². The number of ether oxygens (including phenoxy) is 2. The van der Waals surface area contributed by atoms with Crippen LogP contribution in [0.1, 0.15) is 101 Å². The third-order valence-corrected chi connectivity index (χ3v) is 12.5. The maximum atomic E-state index is 15.0. The fourth-order valence-electron chi connectivity index (χ4n) is 9.10. The Morgan fingerprint density at radius 2 is 0.646 bits per heavy atom. The maximum absolute atomic E-state index is 15.0. The summed E-state index contributed by atoms with van der Waals surface area (Å²) in [6.45, 7) is 9.61. The van der Waals surface area contributed by atoms with Crippen molar-refractivity contribution in [1.82, 2.24) is 26.6 Å². The Labute approximate surface area is 460 Å². The van der Waals surface area contributed by atoms with Crippen molar-refractivity contribution in [2.75, 3.05) is 0 Å². The molecule has 0 saturated carbocycles. The molecule has 412 valence electrons. The van der Waals surface area contributed by atoms with Crippen molar-refractivity contribution in [2.45, 2.75) is 114 Å².